The second kappa shape index (κ2) is 3.66. The molecule has 1 saturated heterocycles. The lowest BCUT2D eigenvalue weighted by atomic mass is 10.1. The zero-order chi connectivity index (χ0) is 9.10. The van der Waals surface area contributed by atoms with E-state index in [1.54, 1.807) is 12.3 Å². The largest absolute Gasteiger partial charge is 0.310 e. The molecule has 0 radical (unpaired) electrons. The number of carbonyl (C=O) groups excluding carboxylic acids is 1. The van der Waals surface area contributed by atoms with Crippen LogP contribution in [0, 0.1) is 0 Å². The number of pyridine rings is 1. The van der Waals surface area contributed by atoms with Crippen molar-refractivity contribution in [3.63, 3.8) is 0 Å². The van der Waals surface area contributed by atoms with Crippen molar-refractivity contribution in [2.45, 2.75) is 18.9 Å². The van der Waals surface area contributed by atoms with E-state index in [0.717, 1.165) is 12.8 Å². The first kappa shape index (κ1) is 8.38. The van der Waals surface area contributed by atoms with Gasteiger partial charge in [-0.05, 0) is 31.0 Å². The molecule has 1 aromatic heterocycles. The van der Waals surface area contributed by atoms with E-state index >= 15 is 0 Å². The van der Waals surface area contributed by atoms with Crippen molar-refractivity contribution in [1.82, 2.24) is 10.3 Å². The summed E-state index contributed by atoms with van der Waals surface area (Å²) in [4.78, 5) is 14.4. The maximum absolute atomic E-state index is 10.4. The second-order valence-corrected chi connectivity index (χ2v) is 3.28. The number of nitrogens with one attached hydrogen (secondary N) is 1. The van der Waals surface area contributed by atoms with Crippen molar-refractivity contribution in [2.24, 2.45) is 0 Å². The molecular weight excluding hydrogens is 164 g/mol. The summed E-state index contributed by atoms with van der Waals surface area (Å²) in [5.41, 5.74) is 1.69. The molecule has 1 N–H and O–H groups in total. The molecule has 1 atom stereocenters. The van der Waals surface area contributed by atoms with Gasteiger partial charge in [0.15, 0.2) is 6.29 Å². The SMILES string of the molecule is O=Cc1ccc([C@@H]2CCCN2)cn1. The van der Waals surface area contributed by atoms with Gasteiger partial charge in [0, 0.05) is 12.2 Å². The van der Waals surface area contributed by atoms with E-state index in [0.29, 0.717) is 11.7 Å². The summed E-state index contributed by atoms with van der Waals surface area (Å²) >= 11 is 0. The van der Waals surface area contributed by atoms with Crippen LogP contribution >= 0.6 is 0 Å². The first-order valence-corrected chi connectivity index (χ1v) is 4.54. The van der Waals surface area contributed by atoms with Crippen LogP contribution in [0.2, 0.25) is 0 Å². The molecular formula is C10H12N2O. The summed E-state index contributed by atoms with van der Waals surface area (Å²) in [5, 5.41) is 3.38. The van der Waals surface area contributed by atoms with E-state index in [-0.39, 0.29) is 0 Å². The molecule has 2 heterocycles. The minimum atomic E-state index is 0.438. The lowest BCUT2D eigenvalue weighted by molar-refractivity contribution is 0.111. The fourth-order valence-corrected chi connectivity index (χ4v) is 1.66. The highest BCUT2D eigenvalue weighted by molar-refractivity contribution is 5.71. The molecule has 0 spiro atoms. The maximum atomic E-state index is 10.4. The van der Waals surface area contributed by atoms with Crippen molar-refractivity contribution in [3.05, 3.63) is 29.6 Å². The van der Waals surface area contributed by atoms with Crippen molar-refractivity contribution in [2.75, 3.05) is 6.54 Å². The van der Waals surface area contributed by atoms with E-state index < -0.39 is 0 Å². The van der Waals surface area contributed by atoms with E-state index in [1.165, 1.54) is 18.4 Å². The van der Waals surface area contributed by atoms with Crippen LogP contribution in [0.1, 0.15) is 34.9 Å². The van der Waals surface area contributed by atoms with Crippen molar-refractivity contribution in [1.29, 1.82) is 0 Å². The smallest absolute Gasteiger partial charge is 0.168 e. The lowest BCUT2D eigenvalue weighted by Crippen LogP contribution is -2.13. The van der Waals surface area contributed by atoms with Crippen molar-refractivity contribution in [3.8, 4) is 0 Å². The highest BCUT2D eigenvalue weighted by Crippen LogP contribution is 2.21. The van der Waals surface area contributed by atoms with Gasteiger partial charge in [0.1, 0.15) is 5.69 Å². The first-order valence-electron chi connectivity index (χ1n) is 4.54. The van der Waals surface area contributed by atoms with Crippen LogP contribution in [0.15, 0.2) is 18.3 Å². The molecule has 68 valence electrons. The second-order valence-electron chi connectivity index (χ2n) is 3.28. The molecule has 1 aromatic rings. The van der Waals surface area contributed by atoms with Crippen LogP contribution in [0.4, 0.5) is 0 Å². The van der Waals surface area contributed by atoms with Gasteiger partial charge < -0.3 is 5.32 Å². The highest BCUT2D eigenvalue weighted by atomic mass is 16.1. The number of hydrogen-bond acceptors (Lipinski definition) is 3. The number of aldehydes is 1. The minimum absolute atomic E-state index is 0.438. The number of hydrogen-bond donors (Lipinski definition) is 1. The van der Waals surface area contributed by atoms with Gasteiger partial charge >= 0.3 is 0 Å². The summed E-state index contributed by atoms with van der Waals surface area (Å²) in [6.07, 6.45) is 4.95. The van der Waals surface area contributed by atoms with E-state index in [4.69, 9.17) is 0 Å². The Labute approximate surface area is 77.2 Å². The van der Waals surface area contributed by atoms with Gasteiger partial charge in [-0.1, -0.05) is 6.07 Å². The molecule has 1 fully saturated rings. The molecule has 3 heteroatoms. The van der Waals surface area contributed by atoms with Gasteiger partial charge in [0.05, 0.1) is 0 Å². The summed E-state index contributed by atoms with van der Waals surface area (Å²) in [7, 11) is 0. The van der Waals surface area contributed by atoms with Gasteiger partial charge in [0.2, 0.25) is 0 Å². The lowest BCUT2D eigenvalue weighted by Gasteiger charge is -2.09. The standard InChI is InChI=1S/C10H12N2O/c13-7-9-4-3-8(6-12-9)10-2-1-5-11-10/h3-4,6-7,10-11H,1-2,5H2/t10-/m0/s1. The predicted octanol–water partition coefficient (Wildman–Crippen LogP) is 1.32. The third-order valence-electron chi connectivity index (χ3n) is 2.39. The van der Waals surface area contributed by atoms with Crippen LogP contribution in [-0.4, -0.2) is 17.8 Å². The molecule has 0 aliphatic carbocycles. The normalized spacial score (nSPS) is 21.7. The van der Waals surface area contributed by atoms with Gasteiger partial charge in [-0.25, -0.2) is 0 Å². The molecule has 3 nitrogen and oxygen atoms in total. The third kappa shape index (κ3) is 1.75. The Morgan fingerprint density at radius 3 is 3.00 bits per heavy atom. The van der Waals surface area contributed by atoms with Crippen molar-refractivity contribution < 1.29 is 4.79 Å². The van der Waals surface area contributed by atoms with Gasteiger partial charge in [-0.3, -0.25) is 9.78 Å². The quantitative estimate of drug-likeness (QED) is 0.691. The van der Waals surface area contributed by atoms with Gasteiger partial charge in [0.25, 0.3) is 0 Å². The fraction of sp³-hybridized carbons (Fsp3) is 0.400. The molecule has 0 amide bonds. The van der Waals surface area contributed by atoms with Crippen molar-refractivity contribution >= 4 is 6.29 Å². The minimum Gasteiger partial charge on any atom is -0.310 e. The zero-order valence-corrected chi connectivity index (χ0v) is 7.36. The van der Waals surface area contributed by atoms with E-state index in [1.807, 2.05) is 6.07 Å². The van der Waals surface area contributed by atoms with Crippen LogP contribution in [-0.2, 0) is 0 Å². The first-order chi connectivity index (χ1) is 6.40. The van der Waals surface area contributed by atoms with Crippen LogP contribution in [0.5, 0.6) is 0 Å². The summed E-state index contributed by atoms with van der Waals surface area (Å²) < 4.78 is 0. The summed E-state index contributed by atoms with van der Waals surface area (Å²) in [6, 6.07) is 4.18. The number of aromatic nitrogens is 1. The van der Waals surface area contributed by atoms with E-state index in [9.17, 15) is 4.79 Å². The molecule has 0 saturated carbocycles. The Morgan fingerprint density at radius 2 is 2.46 bits per heavy atom. The van der Waals surface area contributed by atoms with Gasteiger partial charge in [-0.2, -0.15) is 0 Å². The molecule has 1 aliphatic heterocycles. The van der Waals surface area contributed by atoms with Crippen LogP contribution < -0.4 is 5.32 Å². The fourth-order valence-electron chi connectivity index (χ4n) is 1.66. The number of nitrogens with zero attached hydrogens (tertiary/aromatic N) is 1. The molecule has 2 rings (SSSR count). The summed E-state index contributed by atoms with van der Waals surface area (Å²) in [6.45, 7) is 1.08. The molecule has 13 heavy (non-hydrogen) atoms. The Hall–Kier alpha value is -1.22. The molecule has 1 aliphatic rings. The third-order valence-corrected chi connectivity index (χ3v) is 2.39. The topological polar surface area (TPSA) is 42.0 Å². The average Bonchev–Trinajstić information content (AvgIpc) is 2.71. The monoisotopic (exact) mass is 176 g/mol. The highest BCUT2D eigenvalue weighted by Gasteiger charge is 2.15. The molecule has 0 aromatic carbocycles. The number of rotatable bonds is 2. The van der Waals surface area contributed by atoms with Crippen LogP contribution in [0.25, 0.3) is 0 Å². The Bertz CT molecular complexity index is 288. The molecule has 0 unspecified atom stereocenters. The van der Waals surface area contributed by atoms with Crippen LogP contribution in [0.3, 0.4) is 0 Å². The number of carbonyl (C=O) groups is 1. The van der Waals surface area contributed by atoms with Gasteiger partial charge in [-0.15, -0.1) is 0 Å². The Morgan fingerprint density at radius 1 is 1.54 bits per heavy atom. The maximum Gasteiger partial charge on any atom is 0.168 e. The average molecular weight is 176 g/mol. The van der Waals surface area contributed by atoms with E-state index in [2.05, 4.69) is 10.3 Å². The predicted molar refractivity (Wildman–Crippen MR) is 49.6 cm³/mol. The molecule has 0 bridgehead atoms. The summed E-state index contributed by atoms with van der Waals surface area (Å²) in [5.74, 6) is 0. The Kier molecular flexibility index (Phi) is 2.36. The zero-order valence-electron chi connectivity index (χ0n) is 7.36. The Balaban J connectivity index is 2.16.